The van der Waals surface area contributed by atoms with Gasteiger partial charge in [0.15, 0.2) is 0 Å². The molecule has 0 saturated heterocycles. The molecule has 9 heteroatoms. The fourth-order valence-electron chi connectivity index (χ4n) is 7.36. The lowest BCUT2D eigenvalue weighted by Gasteiger charge is -2.41. The van der Waals surface area contributed by atoms with E-state index >= 15 is 0 Å². The Balaban J connectivity index is 1.25. The van der Waals surface area contributed by atoms with E-state index in [-0.39, 0.29) is 5.91 Å². The number of nitrogens with one attached hydrogen (secondary N) is 1. The molecule has 1 amide bonds. The number of carboxylic acids is 1. The fourth-order valence-corrected chi connectivity index (χ4v) is 7.57. The van der Waals surface area contributed by atoms with Crippen molar-refractivity contribution in [3.8, 4) is 11.3 Å². The molecule has 2 aliphatic carbocycles. The van der Waals surface area contributed by atoms with Crippen LogP contribution in [-0.4, -0.2) is 36.1 Å². The zero-order chi connectivity index (χ0) is 31.3. The van der Waals surface area contributed by atoms with Gasteiger partial charge in [-0.2, -0.15) is 0 Å². The van der Waals surface area contributed by atoms with E-state index in [1.807, 2.05) is 54.1 Å². The highest BCUT2D eigenvalue weighted by atomic mass is 35.5. The van der Waals surface area contributed by atoms with Gasteiger partial charge in [0, 0.05) is 47.4 Å². The molecule has 2 aromatic carbocycles. The fraction of sp³-hybridized carbons (Fsp3) is 0.333. The molecule has 7 rings (SSSR count). The molecule has 0 unspecified atom stereocenters. The number of halogens is 1. The predicted molar refractivity (Wildman–Crippen MR) is 177 cm³/mol. The van der Waals surface area contributed by atoms with E-state index in [9.17, 15) is 9.59 Å². The number of nitrogens with zero attached hydrogens (tertiary/aromatic N) is 4. The first-order chi connectivity index (χ1) is 21.8. The monoisotopic (exact) mass is 621 g/mol. The number of aromatic nitrogens is 4. The van der Waals surface area contributed by atoms with Crippen molar-refractivity contribution in [2.75, 3.05) is 0 Å². The summed E-state index contributed by atoms with van der Waals surface area (Å²) in [5.41, 5.74) is 6.73. The maximum Gasteiger partial charge on any atom is 0.328 e. The third kappa shape index (κ3) is 5.11. The van der Waals surface area contributed by atoms with E-state index < -0.39 is 11.5 Å². The molecule has 2 aliphatic rings. The lowest BCUT2D eigenvalue weighted by Crippen LogP contribution is -2.52. The molecule has 0 radical (unpaired) electrons. The molecular weight excluding hydrogens is 586 g/mol. The summed E-state index contributed by atoms with van der Waals surface area (Å²) in [6, 6.07) is 16.1. The van der Waals surface area contributed by atoms with Crippen LogP contribution in [0.15, 0.2) is 60.8 Å². The van der Waals surface area contributed by atoms with Crippen molar-refractivity contribution < 1.29 is 14.7 Å². The smallest absolute Gasteiger partial charge is 0.328 e. The van der Waals surface area contributed by atoms with Gasteiger partial charge in [-0.1, -0.05) is 36.9 Å². The number of carbonyl (C=O) groups is 2. The number of benzene rings is 2. The Hall–Kier alpha value is -4.43. The van der Waals surface area contributed by atoms with E-state index in [0.29, 0.717) is 16.8 Å². The van der Waals surface area contributed by atoms with Gasteiger partial charge in [-0.05, 0) is 98.7 Å². The highest BCUT2D eigenvalue weighted by Gasteiger charge is 2.44. The van der Waals surface area contributed by atoms with Gasteiger partial charge in [0.1, 0.15) is 11.0 Å². The molecule has 3 heterocycles. The number of amides is 1. The number of imidazole rings is 1. The van der Waals surface area contributed by atoms with Crippen LogP contribution in [0.3, 0.4) is 0 Å². The Labute approximate surface area is 266 Å². The zero-order valence-electron chi connectivity index (χ0n) is 25.5. The second kappa shape index (κ2) is 11.5. The van der Waals surface area contributed by atoms with Gasteiger partial charge in [-0.15, -0.1) is 0 Å². The first-order valence-electron chi connectivity index (χ1n) is 15.7. The molecule has 2 N–H and O–H groups in total. The standard InChI is InChI=1S/C36H36ClN5O3/c1-22-27-21-24(13-15-29(27)42(25-8-4-3-5-9-25)32(22)26-10-6-19-38-33(26)37)34(45)40-36(17-7-18-36)35-39-28-14-11-23(12-16-31(43)44)20-30(28)41(35)2/h6,10-16,19-21,25H,3-5,7-9,17-18H2,1-2H3,(H,40,45)(H,43,44). The Morgan fingerprint density at radius 2 is 1.84 bits per heavy atom. The number of aryl methyl sites for hydroxylation is 2. The molecule has 0 bridgehead atoms. The van der Waals surface area contributed by atoms with Gasteiger partial charge in [0.05, 0.1) is 22.3 Å². The van der Waals surface area contributed by atoms with E-state index in [1.54, 1.807) is 12.3 Å². The van der Waals surface area contributed by atoms with Crippen LogP contribution in [-0.2, 0) is 17.4 Å². The number of hydrogen-bond donors (Lipinski definition) is 2. The second-order valence-corrected chi connectivity index (χ2v) is 12.9. The number of hydrogen-bond acceptors (Lipinski definition) is 4. The number of carbonyl (C=O) groups excluding carboxylic acids is 1. The third-order valence-electron chi connectivity index (χ3n) is 9.78. The molecule has 0 atom stereocenters. The van der Waals surface area contributed by atoms with Crippen molar-refractivity contribution in [3.63, 3.8) is 0 Å². The first-order valence-corrected chi connectivity index (χ1v) is 16.1. The number of aliphatic carboxylic acids is 1. The first kappa shape index (κ1) is 29.3. The molecular formula is C36H36ClN5O3. The summed E-state index contributed by atoms with van der Waals surface area (Å²) in [6.45, 7) is 2.12. The van der Waals surface area contributed by atoms with Crippen LogP contribution in [0, 0.1) is 6.92 Å². The van der Waals surface area contributed by atoms with Crippen molar-refractivity contribution in [3.05, 3.63) is 88.5 Å². The van der Waals surface area contributed by atoms with Gasteiger partial charge < -0.3 is 19.6 Å². The number of carboxylic acid groups (broad SMARTS) is 1. The van der Waals surface area contributed by atoms with Crippen LogP contribution in [0.5, 0.6) is 0 Å². The molecule has 45 heavy (non-hydrogen) atoms. The van der Waals surface area contributed by atoms with Crippen LogP contribution in [0.25, 0.3) is 39.3 Å². The van der Waals surface area contributed by atoms with E-state index in [1.165, 1.54) is 19.3 Å². The normalized spacial score (nSPS) is 16.8. The van der Waals surface area contributed by atoms with Crippen molar-refractivity contribution in [1.82, 2.24) is 24.4 Å². The number of fused-ring (bicyclic) bond motifs is 2. The van der Waals surface area contributed by atoms with Crippen LogP contribution >= 0.6 is 11.6 Å². The molecule has 2 fully saturated rings. The molecule has 2 saturated carbocycles. The molecule has 5 aromatic rings. The van der Waals surface area contributed by atoms with Crippen LogP contribution in [0.1, 0.15) is 84.7 Å². The summed E-state index contributed by atoms with van der Waals surface area (Å²) in [5.74, 6) is -0.307. The minimum Gasteiger partial charge on any atom is -0.478 e. The van der Waals surface area contributed by atoms with E-state index in [4.69, 9.17) is 21.7 Å². The Morgan fingerprint density at radius 1 is 1.04 bits per heavy atom. The number of rotatable bonds is 7. The average molecular weight is 622 g/mol. The molecule has 8 nitrogen and oxygen atoms in total. The topological polar surface area (TPSA) is 102 Å². The average Bonchev–Trinajstić information content (AvgIpc) is 3.51. The summed E-state index contributed by atoms with van der Waals surface area (Å²) >= 11 is 6.66. The summed E-state index contributed by atoms with van der Waals surface area (Å²) in [6.07, 6.45) is 12.9. The van der Waals surface area contributed by atoms with Crippen molar-refractivity contribution in [2.24, 2.45) is 7.05 Å². The summed E-state index contributed by atoms with van der Waals surface area (Å²) in [5, 5.41) is 13.9. The molecule has 0 aliphatic heterocycles. The van der Waals surface area contributed by atoms with Gasteiger partial charge in [0.2, 0.25) is 0 Å². The summed E-state index contributed by atoms with van der Waals surface area (Å²) in [7, 11) is 1.95. The van der Waals surface area contributed by atoms with E-state index in [2.05, 4.69) is 27.9 Å². The third-order valence-corrected chi connectivity index (χ3v) is 10.1. The van der Waals surface area contributed by atoms with Gasteiger partial charge >= 0.3 is 5.97 Å². The van der Waals surface area contributed by atoms with Crippen molar-refractivity contribution in [2.45, 2.75) is 69.9 Å². The summed E-state index contributed by atoms with van der Waals surface area (Å²) < 4.78 is 4.47. The van der Waals surface area contributed by atoms with Gasteiger partial charge in [-0.25, -0.2) is 14.8 Å². The SMILES string of the molecule is Cc1c(-c2cccnc2Cl)n(C2CCCCC2)c2ccc(C(=O)NC3(c4nc5ccc(C=CC(=O)O)cc5n4C)CCC3)cc12. The predicted octanol–water partition coefficient (Wildman–Crippen LogP) is 7.96. The highest BCUT2D eigenvalue weighted by Crippen LogP contribution is 2.44. The molecule has 0 spiro atoms. The van der Waals surface area contributed by atoms with Crippen LogP contribution < -0.4 is 5.32 Å². The highest BCUT2D eigenvalue weighted by molar-refractivity contribution is 6.32. The van der Waals surface area contributed by atoms with Crippen LogP contribution in [0.2, 0.25) is 5.15 Å². The lowest BCUT2D eigenvalue weighted by molar-refractivity contribution is -0.131. The quantitative estimate of drug-likeness (QED) is 0.142. The van der Waals surface area contributed by atoms with Crippen molar-refractivity contribution >= 4 is 51.5 Å². The lowest BCUT2D eigenvalue weighted by atomic mass is 9.75. The maximum atomic E-state index is 14.0. The van der Waals surface area contributed by atoms with Gasteiger partial charge in [0.25, 0.3) is 5.91 Å². The van der Waals surface area contributed by atoms with Crippen molar-refractivity contribution in [1.29, 1.82) is 0 Å². The zero-order valence-corrected chi connectivity index (χ0v) is 26.3. The molecule has 3 aromatic heterocycles. The second-order valence-electron chi connectivity index (χ2n) is 12.5. The minimum absolute atomic E-state index is 0.125. The van der Waals surface area contributed by atoms with E-state index in [0.717, 1.165) is 88.3 Å². The Kier molecular flexibility index (Phi) is 7.48. The minimum atomic E-state index is -0.993. The maximum absolute atomic E-state index is 14.0. The summed E-state index contributed by atoms with van der Waals surface area (Å²) in [4.78, 5) is 34.3. The Morgan fingerprint density at radius 3 is 2.56 bits per heavy atom. The van der Waals surface area contributed by atoms with Crippen LogP contribution in [0.4, 0.5) is 0 Å². The Bertz CT molecular complexity index is 2000. The van der Waals surface area contributed by atoms with Gasteiger partial charge in [-0.3, -0.25) is 4.79 Å². The number of pyridine rings is 1. The largest absolute Gasteiger partial charge is 0.478 e. The molecule has 230 valence electrons.